The maximum atomic E-state index is 13.9. The normalized spacial score (nSPS) is 21.3. The number of sulfone groups is 1. The lowest BCUT2D eigenvalue weighted by atomic mass is 10.1. The molecule has 0 aliphatic carbocycles. The molecule has 5 nitrogen and oxygen atoms in total. The van der Waals surface area contributed by atoms with Crippen molar-refractivity contribution in [1.82, 2.24) is 10.2 Å². The minimum atomic E-state index is -3.53. The highest BCUT2D eigenvalue weighted by atomic mass is 32.2. The molecule has 1 heterocycles. The van der Waals surface area contributed by atoms with Crippen molar-refractivity contribution < 1.29 is 17.5 Å². The van der Waals surface area contributed by atoms with Crippen LogP contribution in [-0.2, 0) is 14.6 Å². The third-order valence-corrected chi connectivity index (χ3v) is 5.19. The van der Waals surface area contributed by atoms with E-state index in [2.05, 4.69) is 17.1 Å². The zero-order valence-electron chi connectivity index (χ0n) is 13.9. The fourth-order valence-corrected chi connectivity index (χ4v) is 3.47. The summed E-state index contributed by atoms with van der Waals surface area (Å²) in [5.74, 6) is -0.694. The second-order valence-electron chi connectivity index (χ2n) is 6.12. The van der Waals surface area contributed by atoms with E-state index in [0.29, 0.717) is 0 Å². The van der Waals surface area contributed by atoms with E-state index >= 15 is 0 Å². The maximum absolute atomic E-state index is 13.9. The van der Waals surface area contributed by atoms with Gasteiger partial charge in [-0.15, -0.1) is 0 Å². The Balaban J connectivity index is 1.88. The van der Waals surface area contributed by atoms with Crippen LogP contribution in [0, 0.1) is 5.82 Å². The van der Waals surface area contributed by atoms with Crippen LogP contribution in [0.25, 0.3) is 0 Å². The summed E-state index contributed by atoms with van der Waals surface area (Å²) in [6.45, 7) is 8.30. The molecule has 0 aromatic heterocycles. The van der Waals surface area contributed by atoms with Crippen LogP contribution in [0.15, 0.2) is 23.1 Å². The minimum Gasteiger partial charge on any atom is -0.376 e. The highest BCUT2D eigenvalue weighted by Crippen LogP contribution is 2.20. The van der Waals surface area contributed by atoms with Crippen molar-refractivity contribution in [1.29, 1.82) is 0 Å². The number of ether oxygens (including phenoxy) is 1. The largest absolute Gasteiger partial charge is 0.376 e. The van der Waals surface area contributed by atoms with Crippen LogP contribution >= 0.6 is 0 Å². The van der Waals surface area contributed by atoms with Crippen molar-refractivity contribution >= 4 is 9.84 Å². The predicted molar refractivity (Wildman–Crippen MR) is 87.8 cm³/mol. The molecule has 0 radical (unpaired) electrons. The highest BCUT2D eigenvalue weighted by Gasteiger charge is 2.17. The number of hydrogen-bond donors (Lipinski definition) is 1. The number of morpholine rings is 1. The number of halogens is 1. The molecule has 0 unspecified atom stereocenters. The van der Waals surface area contributed by atoms with Gasteiger partial charge in [-0.3, -0.25) is 4.90 Å². The van der Waals surface area contributed by atoms with E-state index in [4.69, 9.17) is 4.74 Å². The summed E-state index contributed by atoms with van der Waals surface area (Å²) in [5.41, 5.74) is 0.741. The average molecular weight is 344 g/mol. The smallest absolute Gasteiger partial charge is 0.178 e. The maximum Gasteiger partial charge on any atom is 0.178 e. The van der Waals surface area contributed by atoms with Crippen LogP contribution in [0.5, 0.6) is 0 Å². The molecule has 23 heavy (non-hydrogen) atoms. The van der Waals surface area contributed by atoms with Gasteiger partial charge < -0.3 is 10.1 Å². The first-order chi connectivity index (χ1) is 10.8. The van der Waals surface area contributed by atoms with Crippen molar-refractivity contribution in [3.63, 3.8) is 0 Å². The van der Waals surface area contributed by atoms with Crippen molar-refractivity contribution in [3.8, 4) is 0 Å². The quantitative estimate of drug-likeness (QED) is 0.849. The van der Waals surface area contributed by atoms with Crippen LogP contribution < -0.4 is 5.32 Å². The summed E-state index contributed by atoms with van der Waals surface area (Å²) in [4.78, 5) is 2.08. The molecule has 0 spiro atoms. The predicted octanol–water partition coefficient (Wildman–Crippen LogP) is 1.60. The van der Waals surface area contributed by atoms with E-state index in [0.717, 1.165) is 44.6 Å². The summed E-state index contributed by atoms with van der Waals surface area (Å²) >= 11 is 0. The lowest BCUT2D eigenvalue weighted by molar-refractivity contribution is -0.0178. The van der Waals surface area contributed by atoms with Crippen LogP contribution in [0.3, 0.4) is 0 Å². The third kappa shape index (κ3) is 5.24. The molecule has 1 aromatic carbocycles. The van der Waals surface area contributed by atoms with Crippen molar-refractivity contribution in [2.24, 2.45) is 0 Å². The summed E-state index contributed by atoms with van der Waals surface area (Å²) in [7, 11) is -3.53. The van der Waals surface area contributed by atoms with Crippen LogP contribution in [0.4, 0.5) is 4.39 Å². The Bertz CT molecular complexity index is 636. The number of rotatable bonds is 6. The fraction of sp³-hybridized carbons (Fsp3) is 0.625. The number of benzene rings is 1. The molecule has 2 rings (SSSR count). The molecule has 0 bridgehead atoms. The molecule has 0 saturated carbocycles. The first kappa shape index (κ1) is 18.3. The third-order valence-electron chi connectivity index (χ3n) is 4.06. The van der Waals surface area contributed by atoms with E-state index in [9.17, 15) is 12.8 Å². The Hall–Kier alpha value is -1.02. The molecular weight excluding hydrogens is 319 g/mol. The van der Waals surface area contributed by atoms with Gasteiger partial charge in [0.15, 0.2) is 9.84 Å². The van der Waals surface area contributed by atoms with Gasteiger partial charge in [-0.05, 0) is 31.5 Å². The second-order valence-corrected chi connectivity index (χ2v) is 8.10. The second kappa shape index (κ2) is 7.70. The van der Waals surface area contributed by atoms with E-state index < -0.39 is 15.7 Å². The van der Waals surface area contributed by atoms with Crippen LogP contribution in [0.1, 0.15) is 25.5 Å². The van der Waals surface area contributed by atoms with E-state index in [1.54, 1.807) is 6.07 Å². The molecule has 1 fully saturated rings. The SMILES string of the molecule is C[C@H](NCCN1CCO[C@@H](C)C1)c1ccc(S(C)(=O)=O)c(F)c1. The van der Waals surface area contributed by atoms with E-state index in [1.807, 2.05) is 6.92 Å². The zero-order chi connectivity index (χ0) is 17.0. The minimum absolute atomic E-state index is 0.0448. The van der Waals surface area contributed by atoms with Gasteiger partial charge in [-0.25, -0.2) is 12.8 Å². The average Bonchev–Trinajstić information content (AvgIpc) is 2.45. The van der Waals surface area contributed by atoms with Gasteiger partial charge in [0, 0.05) is 38.5 Å². The molecule has 1 N–H and O–H groups in total. The van der Waals surface area contributed by atoms with Gasteiger partial charge in [0.05, 0.1) is 12.7 Å². The van der Waals surface area contributed by atoms with Gasteiger partial charge in [-0.1, -0.05) is 6.07 Å². The molecule has 0 amide bonds. The Morgan fingerprint density at radius 1 is 1.48 bits per heavy atom. The van der Waals surface area contributed by atoms with Gasteiger partial charge in [0.25, 0.3) is 0 Å². The molecule has 7 heteroatoms. The van der Waals surface area contributed by atoms with Crippen LogP contribution in [-0.4, -0.2) is 58.5 Å². The first-order valence-corrected chi connectivity index (χ1v) is 9.73. The topological polar surface area (TPSA) is 58.6 Å². The highest BCUT2D eigenvalue weighted by molar-refractivity contribution is 7.90. The monoisotopic (exact) mass is 344 g/mol. The van der Waals surface area contributed by atoms with Crippen molar-refractivity contribution in [2.75, 3.05) is 39.0 Å². The van der Waals surface area contributed by atoms with Crippen molar-refractivity contribution in [3.05, 3.63) is 29.6 Å². The summed E-state index contributed by atoms with van der Waals surface area (Å²) < 4.78 is 42.3. The zero-order valence-corrected chi connectivity index (χ0v) is 14.7. The van der Waals surface area contributed by atoms with Crippen molar-refractivity contribution in [2.45, 2.75) is 30.9 Å². The number of nitrogens with one attached hydrogen (secondary N) is 1. The van der Waals surface area contributed by atoms with Gasteiger partial charge in [-0.2, -0.15) is 0 Å². The Kier molecular flexibility index (Phi) is 6.13. The Labute approximate surface area is 137 Å². The molecule has 2 atom stereocenters. The molecule has 1 aliphatic heterocycles. The standard InChI is InChI=1S/C16H25FN2O3S/c1-12-11-19(8-9-22-12)7-6-18-13(2)14-4-5-16(15(17)10-14)23(3,20)21/h4-5,10,12-13,18H,6-9,11H2,1-3H3/t12-,13-/m0/s1. The summed E-state index contributed by atoms with van der Waals surface area (Å²) in [6.07, 6.45) is 1.27. The summed E-state index contributed by atoms with van der Waals surface area (Å²) in [6, 6.07) is 4.25. The first-order valence-electron chi connectivity index (χ1n) is 7.84. The Morgan fingerprint density at radius 2 is 2.22 bits per heavy atom. The molecule has 130 valence electrons. The number of hydrogen-bond acceptors (Lipinski definition) is 5. The summed E-state index contributed by atoms with van der Waals surface area (Å²) in [5, 5.41) is 3.35. The molecule has 1 aromatic rings. The lowest BCUT2D eigenvalue weighted by Crippen LogP contribution is -2.44. The van der Waals surface area contributed by atoms with Gasteiger partial charge in [0.1, 0.15) is 10.7 Å². The lowest BCUT2D eigenvalue weighted by Gasteiger charge is -2.31. The van der Waals surface area contributed by atoms with Gasteiger partial charge in [0.2, 0.25) is 0 Å². The van der Waals surface area contributed by atoms with Crippen LogP contribution in [0.2, 0.25) is 0 Å². The fourth-order valence-electron chi connectivity index (χ4n) is 2.74. The van der Waals surface area contributed by atoms with Gasteiger partial charge >= 0.3 is 0 Å². The Morgan fingerprint density at radius 3 is 2.83 bits per heavy atom. The molecular formula is C16H25FN2O3S. The molecule has 1 saturated heterocycles. The van der Waals surface area contributed by atoms with E-state index in [-0.39, 0.29) is 17.0 Å². The van der Waals surface area contributed by atoms with E-state index in [1.165, 1.54) is 12.1 Å². The number of nitrogens with zero attached hydrogens (tertiary/aromatic N) is 1. The molecule has 1 aliphatic rings.